The Morgan fingerprint density at radius 2 is 1.84 bits per heavy atom. The highest BCUT2D eigenvalue weighted by molar-refractivity contribution is 7.90. The van der Waals surface area contributed by atoms with Crippen molar-refractivity contribution < 1.29 is 36.3 Å². The van der Waals surface area contributed by atoms with Crippen LogP contribution < -0.4 is 0 Å². The van der Waals surface area contributed by atoms with E-state index in [4.69, 9.17) is 9.90 Å². The summed E-state index contributed by atoms with van der Waals surface area (Å²) in [5.74, 6) is -2.42. The average molecular weight is 537 g/mol. The minimum absolute atomic E-state index is 0.102. The molecule has 9 nitrogen and oxygen atoms in total. The summed E-state index contributed by atoms with van der Waals surface area (Å²) in [6.45, 7) is 2.50. The molecule has 2 aliphatic rings. The van der Waals surface area contributed by atoms with E-state index in [1.807, 2.05) is 29.2 Å². The fourth-order valence-electron chi connectivity index (χ4n) is 4.22. The molecule has 0 bridgehead atoms. The van der Waals surface area contributed by atoms with Crippen molar-refractivity contribution in [3.63, 3.8) is 0 Å². The molecule has 13 heteroatoms. The number of aromatic amines is 1. The minimum Gasteiger partial charge on any atom is -0.475 e. The molecule has 0 spiro atoms. The Morgan fingerprint density at radius 3 is 2.38 bits per heavy atom. The number of aliphatic carboxylic acids is 1. The van der Waals surface area contributed by atoms with Crippen LogP contribution in [0.25, 0.3) is 22.5 Å². The third kappa shape index (κ3) is 5.66. The van der Waals surface area contributed by atoms with Gasteiger partial charge in [-0.15, -0.1) is 0 Å². The van der Waals surface area contributed by atoms with Crippen LogP contribution >= 0.6 is 0 Å². The van der Waals surface area contributed by atoms with Crippen molar-refractivity contribution in [3.05, 3.63) is 53.9 Å². The van der Waals surface area contributed by atoms with Gasteiger partial charge in [0.05, 0.1) is 21.8 Å². The highest BCUT2D eigenvalue weighted by Crippen LogP contribution is 2.41. The highest BCUT2D eigenvalue weighted by Gasteiger charge is 2.41. The summed E-state index contributed by atoms with van der Waals surface area (Å²) in [6, 6.07) is 9.23. The Bertz CT molecular complexity index is 1450. The number of hydrogen-bond acceptors (Lipinski definition) is 6. The molecule has 3 heterocycles. The van der Waals surface area contributed by atoms with Gasteiger partial charge in [0.1, 0.15) is 0 Å². The van der Waals surface area contributed by atoms with Crippen LogP contribution in [0.2, 0.25) is 0 Å². The van der Waals surface area contributed by atoms with Gasteiger partial charge in [-0.05, 0) is 72.7 Å². The van der Waals surface area contributed by atoms with E-state index in [0.29, 0.717) is 23.7 Å². The quantitative estimate of drug-likeness (QED) is 0.505. The molecule has 0 unspecified atom stereocenters. The fourth-order valence-corrected chi connectivity index (χ4v) is 5.15. The van der Waals surface area contributed by atoms with E-state index in [-0.39, 0.29) is 16.8 Å². The first-order valence-electron chi connectivity index (χ1n) is 11.2. The molecule has 3 aromatic rings. The number of aromatic nitrogens is 3. The van der Waals surface area contributed by atoms with Crippen LogP contribution in [0.1, 0.15) is 35.7 Å². The number of H-pyrrole nitrogens is 1. The van der Waals surface area contributed by atoms with Crippen molar-refractivity contribution in [1.82, 2.24) is 20.1 Å². The van der Waals surface area contributed by atoms with Gasteiger partial charge in [0.2, 0.25) is 0 Å². The number of pyridine rings is 1. The summed E-state index contributed by atoms with van der Waals surface area (Å²) in [5, 5.41) is 14.0. The first-order valence-corrected chi connectivity index (χ1v) is 13.1. The van der Waals surface area contributed by atoms with Crippen molar-refractivity contribution in [1.29, 1.82) is 0 Å². The van der Waals surface area contributed by atoms with Crippen molar-refractivity contribution in [2.24, 2.45) is 5.92 Å². The van der Waals surface area contributed by atoms with E-state index in [1.54, 1.807) is 18.5 Å². The second kappa shape index (κ2) is 9.61. The van der Waals surface area contributed by atoms with Gasteiger partial charge in [-0.1, -0.05) is 0 Å². The predicted octanol–water partition coefficient (Wildman–Crippen LogP) is 3.93. The number of sulfone groups is 1. The summed E-state index contributed by atoms with van der Waals surface area (Å²) < 4.78 is 56.9. The first-order chi connectivity index (χ1) is 17.3. The monoisotopic (exact) mass is 536 g/mol. The molecule has 1 amide bonds. The molecular formula is C24H23F3N4O5S. The summed E-state index contributed by atoms with van der Waals surface area (Å²) in [7, 11) is -3.58. The summed E-state index contributed by atoms with van der Waals surface area (Å²) in [6.07, 6.45) is 1.67. The second-order valence-electron chi connectivity index (χ2n) is 8.99. The third-order valence-corrected chi connectivity index (χ3v) is 7.43. The van der Waals surface area contributed by atoms with Gasteiger partial charge in [-0.2, -0.15) is 18.3 Å². The molecule has 5 rings (SSSR count). The molecule has 1 aliphatic heterocycles. The fraction of sp³-hybridized carbons (Fsp3) is 0.333. The van der Waals surface area contributed by atoms with Crippen LogP contribution in [0.5, 0.6) is 0 Å². The SMILES string of the molecule is C[C@@H](C1CC1)N1Cc2cc(-c3ccnc(-c4ccn[nH]4)c3)cc(S(C)(=O)=O)c2C1=O.O=C(O)C(F)(F)F. The van der Waals surface area contributed by atoms with Gasteiger partial charge in [0, 0.05) is 31.2 Å². The maximum absolute atomic E-state index is 13.1. The van der Waals surface area contributed by atoms with E-state index >= 15 is 0 Å². The molecule has 37 heavy (non-hydrogen) atoms. The van der Waals surface area contributed by atoms with Crippen molar-refractivity contribution in [3.8, 4) is 22.5 Å². The minimum atomic E-state index is -5.08. The van der Waals surface area contributed by atoms with Crippen molar-refractivity contribution in [2.75, 3.05) is 6.26 Å². The molecule has 1 fully saturated rings. The molecule has 1 atom stereocenters. The van der Waals surface area contributed by atoms with Gasteiger partial charge >= 0.3 is 12.1 Å². The zero-order valence-electron chi connectivity index (χ0n) is 19.8. The summed E-state index contributed by atoms with van der Waals surface area (Å²) in [5.41, 5.74) is 4.18. The van der Waals surface area contributed by atoms with Gasteiger partial charge in [0.25, 0.3) is 5.91 Å². The standard InChI is InChI=1S/C22H22N4O3S.C2HF3O2/c1-13(14-3-4-14)26-12-17-9-16(11-20(30(2,28)29)21(17)22(26)27)15-5-7-23-19(10-15)18-6-8-24-25-18;3-2(4,5)1(6)7/h5-11,13-14H,3-4,12H2,1-2H3,(H,24,25);(H,6,7)/t13-;/m0./s1. The van der Waals surface area contributed by atoms with Gasteiger partial charge in [0.15, 0.2) is 9.84 Å². The van der Waals surface area contributed by atoms with E-state index in [0.717, 1.165) is 41.5 Å². The summed E-state index contributed by atoms with van der Waals surface area (Å²) in [4.78, 5) is 28.3. The Balaban J connectivity index is 0.000000405. The van der Waals surface area contributed by atoms with E-state index in [2.05, 4.69) is 22.1 Å². The number of carbonyl (C=O) groups is 2. The first kappa shape index (κ1) is 26.3. The number of amides is 1. The molecular weight excluding hydrogens is 513 g/mol. The van der Waals surface area contributed by atoms with Crippen LogP contribution in [-0.2, 0) is 21.2 Å². The number of hydrogen-bond donors (Lipinski definition) is 2. The molecule has 1 saturated carbocycles. The number of benzene rings is 1. The van der Waals surface area contributed by atoms with Crippen LogP contribution in [0.4, 0.5) is 13.2 Å². The van der Waals surface area contributed by atoms with Crippen molar-refractivity contribution >= 4 is 21.7 Å². The van der Waals surface area contributed by atoms with Crippen molar-refractivity contribution in [2.45, 2.75) is 43.4 Å². The number of fused-ring (bicyclic) bond motifs is 1. The number of carbonyl (C=O) groups excluding carboxylic acids is 1. The number of alkyl halides is 3. The number of halogens is 3. The smallest absolute Gasteiger partial charge is 0.475 e. The van der Waals surface area contributed by atoms with Gasteiger partial charge in [-0.25, -0.2) is 13.2 Å². The molecule has 1 aliphatic carbocycles. The Hall–Kier alpha value is -3.74. The van der Waals surface area contributed by atoms with E-state index in [1.165, 1.54) is 0 Å². The molecule has 196 valence electrons. The van der Waals surface area contributed by atoms with E-state index < -0.39 is 22.0 Å². The number of rotatable bonds is 5. The second-order valence-corrected chi connectivity index (χ2v) is 11.0. The lowest BCUT2D eigenvalue weighted by Crippen LogP contribution is -2.35. The maximum atomic E-state index is 13.1. The average Bonchev–Trinajstić information content (AvgIpc) is 3.42. The Kier molecular flexibility index (Phi) is 6.84. The zero-order valence-corrected chi connectivity index (χ0v) is 20.6. The van der Waals surface area contributed by atoms with Crippen LogP contribution in [0.15, 0.2) is 47.6 Å². The van der Waals surface area contributed by atoms with Crippen LogP contribution in [0, 0.1) is 5.92 Å². The largest absolute Gasteiger partial charge is 0.490 e. The third-order valence-electron chi connectivity index (χ3n) is 6.31. The lowest BCUT2D eigenvalue weighted by atomic mass is 10.00. The van der Waals surface area contributed by atoms with Gasteiger partial charge in [-0.3, -0.25) is 14.9 Å². The lowest BCUT2D eigenvalue weighted by molar-refractivity contribution is -0.192. The highest BCUT2D eigenvalue weighted by atomic mass is 32.2. The number of nitrogens with one attached hydrogen (secondary N) is 1. The topological polar surface area (TPSA) is 133 Å². The van der Waals surface area contributed by atoms with Gasteiger partial charge < -0.3 is 10.0 Å². The van der Waals surface area contributed by atoms with Crippen LogP contribution in [0.3, 0.4) is 0 Å². The predicted molar refractivity (Wildman–Crippen MR) is 126 cm³/mol. The Morgan fingerprint density at radius 1 is 1.16 bits per heavy atom. The number of nitrogens with zero attached hydrogens (tertiary/aromatic N) is 3. The number of carboxylic acid groups (broad SMARTS) is 1. The normalized spacial score (nSPS) is 16.1. The maximum Gasteiger partial charge on any atom is 0.490 e. The molecule has 1 aromatic carbocycles. The lowest BCUT2D eigenvalue weighted by Gasteiger charge is -2.24. The van der Waals surface area contributed by atoms with E-state index in [9.17, 15) is 26.4 Å². The Labute approximate surface area is 210 Å². The van der Waals surface area contributed by atoms with Crippen LogP contribution in [-0.4, -0.2) is 64.0 Å². The molecule has 0 saturated heterocycles. The molecule has 2 N–H and O–H groups in total. The molecule has 0 radical (unpaired) electrons. The number of carboxylic acids is 1. The summed E-state index contributed by atoms with van der Waals surface area (Å²) >= 11 is 0. The zero-order chi connectivity index (χ0) is 27.1. The molecule has 2 aromatic heterocycles.